The molecule has 0 spiro atoms. The van der Waals surface area contributed by atoms with E-state index < -0.39 is 0 Å². The van der Waals surface area contributed by atoms with Crippen LogP contribution in [0.15, 0.2) is 18.2 Å². The van der Waals surface area contributed by atoms with Gasteiger partial charge in [-0.2, -0.15) is 5.26 Å². The first-order valence-electron chi connectivity index (χ1n) is 8.45. The average molecular weight is 326 g/mol. The number of nitrogens with one attached hydrogen (secondary N) is 1. The van der Waals surface area contributed by atoms with Crippen LogP contribution in [0, 0.1) is 24.2 Å². The van der Waals surface area contributed by atoms with Crippen molar-refractivity contribution in [3.63, 3.8) is 0 Å². The number of likely N-dealkylation sites (tertiary alicyclic amines) is 1. The van der Waals surface area contributed by atoms with E-state index in [9.17, 15) is 9.59 Å². The first-order chi connectivity index (χ1) is 11.6. The van der Waals surface area contributed by atoms with Crippen molar-refractivity contribution in [3.8, 4) is 6.07 Å². The number of nitriles is 1. The van der Waals surface area contributed by atoms with Gasteiger partial charge in [0.1, 0.15) is 0 Å². The molecule has 1 N–H and O–H groups in total. The highest BCUT2D eigenvalue weighted by Crippen LogP contribution is 2.27. The highest BCUT2D eigenvalue weighted by molar-refractivity contribution is 5.97. The molecule has 1 atom stereocenters. The van der Waals surface area contributed by atoms with Crippen molar-refractivity contribution in [1.29, 1.82) is 5.26 Å². The molecule has 0 saturated carbocycles. The SMILES string of the molecule is Cc1ccc(N2CCCC2=O)cc1NC(=O)N1CCCC(C#N)C1. The molecule has 2 heterocycles. The summed E-state index contributed by atoms with van der Waals surface area (Å²) in [6.07, 6.45) is 3.16. The van der Waals surface area contributed by atoms with Crippen LogP contribution in [0.25, 0.3) is 0 Å². The van der Waals surface area contributed by atoms with Gasteiger partial charge in [-0.3, -0.25) is 4.79 Å². The maximum atomic E-state index is 12.5. The minimum atomic E-state index is -0.178. The van der Waals surface area contributed by atoms with E-state index in [1.807, 2.05) is 25.1 Å². The van der Waals surface area contributed by atoms with Crippen molar-refractivity contribution in [2.75, 3.05) is 29.9 Å². The highest BCUT2D eigenvalue weighted by Gasteiger charge is 2.25. The number of benzene rings is 1. The molecule has 0 radical (unpaired) electrons. The van der Waals surface area contributed by atoms with Gasteiger partial charge >= 0.3 is 6.03 Å². The molecule has 126 valence electrons. The highest BCUT2D eigenvalue weighted by atomic mass is 16.2. The van der Waals surface area contributed by atoms with Crippen molar-refractivity contribution in [2.45, 2.75) is 32.6 Å². The number of anilines is 2. The van der Waals surface area contributed by atoms with E-state index in [-0.39, 0.29) is 17.9 Å². The zero-order chi connectivity index (χ0) is 17.1. The zero-order valence-corrected chi connectivity index (χ0v) is 13.9. The summed E-state index contributed by atoms with van der Waals surface area (Å²) in [5.41, 5.74) is 2.50. The Labute approximate surface area is 142 Å². The summed E-state index contributed by atoms with van der Waals surface area (Å²) >= 11 is 0. The molecule has 0 aliphatic carbocycles. The molecular formula is C18H22N4O2. The summed E-state index contributed by atoms with van der Waals surface area (Å²) < 4.78 is 0. The average Bonchev–Trinajstić information content (AvgIpc) is 3.03. The molecule has 2 aliphatic heterocycles. The van der Waals surface area contributed by atoms with Gasteiger partial charge in [-0.25, -0.2) is 4.79 Å². The molecule has 6 nitrogen and oxygen atoms in total. The monoisotopic (exact) mass is 326 g/mol. The van der Waals surface area contributed by atoms with Crippen LogP contribution in [0.4, 0.5) is 16.2 Å². The van der Waals surface area contributed by atoms with Crippen LogP contribution in [0.5, 0.6) is 0 Å². The molecule has 0 aromatic heterocycles. The van der Waals surface area contributed by atoms with E-state index in [4.69, 9.17) is 5.26 Å². The molecule has 0 bridgehead atoms. The lowest BCUT2D eigenvalue weighted by Gasteiger charge is -2.30. The largest absolute Gasteiger partial charge is 0.323 e. The number of amides is 3. The molecule has 1 aromatic carbocycles. The fraction of sp³-hybridized carbons (Fsp3) is 0.500. The predicted molar refractivity (Wildman–Crippen MR) is 91.7 cm³/mol. The van der Waals surface area contributed by atoms with E-state index in [0.717, 1.165) is 42.7 Å². The van der Waals surface area contributed by atoms with Gasteiger partial charge in [0.2, 0.25) is 5.91 Å². The van der Waals surface area contributed by atoms with Gasteiger partial charge in [-0.15, -0.1) is 0 Å². The fourth-order valence-electron chi connectivity index (χ4n) is 3.29. The number of carbonyl (C=O) groups excluding carboxylic acids is 2. The zero-order valence-electron chi connectivity index (χ0n) is 13.9. The summed E-state index contributed by atoms with van der Waals surface area (Å²) in [6.45, 7) is 3.81. The quantitative estimate of drug-likeness (QED) is 0.908. The molecule has 2 fully saturated rings. The molecule has 1 unspecified atom stereocenters. The fourth-order valence-corrected chi connectivity index (χ4v) is 3.29. The number of rotatable bonds is 2. The topological polar surface area (TPSA) is 76.4 Å². The van der Waals surface area contributed by atoms with Crippen LogP contribution >= 0.6 is 0 Å². The third-order valence-electron chi connectivity index (χ3n) is 4.74. The maximum absolute atomic E-state index is 12.5. The Kier molecular flexibility index (Phi) is 4.70. The lowest BCUT2D eigenvalue weighted by molar-refractivity contribution is -0.117. The number of hydrogen-bond acceptors (Lipinski definition) is 3. The molecule has 3 amide bonds. The molecule has 2 aliphatic rings. The normalized spacial score (nSPS) is 20.8. The minimum absolute atomic E-state index is 0.0841. The number of aryl methyl sites for hydroxylation is 1. The van der Waals surface area contributed by atoms with Crippen LogP contribution in [0.2, 0.25) is 0 Å². The Morgan fingerprint density at radius 1 is 1.33 bits per heavy atom. The predicted octanol–water partition coefficient (Wildman–Crippen LogP) is 2.89. The summed E-state index contributed by atoms with van der Waals surface area (Å²) in [4.78, 5) is 27.9. The second-order valence-corrected chi connectivity index (χ2v) is 6.49. The third-order valence-corrected chi connectivity index (χ3v) is 4.74. The number of urea groups is 1. The van der Waals surface area contributed by atoms with E-state index in [1.54, 1.807) is 9.80 Å². The number of hydrogen-bond donors (Lipinski definition) is 1. The Morgan fingerprint density at radius 3 is 2.88 bits per heavy atom. The van der Waals surface area contributed by atoms with Crippen LogP contribution in [-0.2, 0) is 4.79 Å². The van der Waals surface area contributed by atoms with Crippen molar-refractivity contribution >= 4 is 23.3 Å². The summed E-state index contributed by atoms with van der Waals surface area (Å²) in [5, 5.41) is 12.0. The first kappa shape index (κ1) is 16.3. The lowest BCUT2D eigenvalue weighted by atomic mass is 10.0. The van der Waals surface area contributed by atoms with Crippen molar-refractivity contribution in [1.82, 2.24) is 4.90 Å². The van der Waals surface area contributed by atoms with E-state index >= 15 is 0 Å². The van der Waals surface area contributed by atoms with Gasteiger partial charge in [-0.05, 0) is 43.9 Å². The van der Waals surface area contributed by atoms with E-state index in [2.05, 4.69) is 11.4 Å². The minimum Gasteiger partial charge on any atom is -0.323 e. The Morgan fingerprint density at radius 2 is 2.17 bits per heavy atom. The van der Waals surface area contributed by atoms with Gasteiger partial charge < -0.3 is 15.1 Å². The van der Waals surface area contributed by atoms with Gasteiger partial charge in [0.05, 0.1) is 12.0 Å². The smallest absolute Gasteiger partial charge is 0.321 e. The molecule has 24 heavy (non-hydrogen) atoms. The van der Waals surface area contributed by atoms with E-state index in [0.29, 0.717) is 19.5 Å². The number of nitrogens with zero attached hydrogens (tertiary/aromatic N) is 3. The lowest BCUT2D eigenvalue weighted by Crippen LogP contribution is -2.42. The summed E-state index contributed by atoms with van der Waals surface area (Å²) in [7, 11) is 0. The molecule has 2 saturated heterocycles. The Bertz CT molecular complexity index is 695. The summed E-state index contributed by atoms with van der Waals surface area (Å²) in [6, 6.07) is 7.77. The first-order valence-corrected chi connectivity index (χ1v) is 8.45. The maximum Gasteiger partial charge on any atom is 0.321 e. The molecular weight excluding hydrogens is 304 g/mol. The second-order valence-electron chi connectivity index (χ2n) is 6.49. The van der Waals surface area contributed by atoms with Crippen LogP contribution < -0.4 is 10.2 Å². The van der Waals surface area contributed by atoms with Crippen molar-refractivity contribution in [2.24, 2.45) is 5.92 Å². The van der Waals surface area contributed by atoms with Crippen molar-refractivity contribution in [3.05, 3.63) is 23.8 Å². The van der Waals surface area contributed by atoms with Crippen LogP contribution in [-0.4, -0.2) is 36.5 Å². The molecule has 3 rings (SSSR count). The summed E-state index contributed by atoms with van der Waals surface area (Å²) in [5.74, 6) is 0.0446. The van der Waals surface area contributed by atoms with Gasteiger partial charge in [-0.1, -0.05) is 6.07 Å². The van der Waals surface area contributed by atoms with Gasteiger partial charge in [0, 0.05) is 37.4 Å². The molecule has 1 aromatic rings. The standard InChI is InChI=1S/C18H22N4O2/c1-13-6-7-15(22-9-3-5-17(22)23)10-16(13)20-18(24)21-8-2-4-14(11-19)12-21/h6-7,10,14H,2-5,8-9,12H2,1H3,(H,20,24). The molecule has 6 heteroatoms. The van der Waals surface area contributed by atoms with Gasteiger partial charge in [0.15, 0.2) is 0 Å². The Balaban J connectivity index is 1.73. The second kappa shape index (κ2) is 6.91. The Hall–Kier alpha value is -2.55. The van der Waals surface area contributed by atoms with Crippen molar-refractivity contribution < 1.29 is 9.59 Å². The van der Waals surface area contributed by atoms with Gasteiger partial charge in [0.25, 0.3) is 0 Å². The van der Waals surface area contributed by atoms with Crippen LogP contribution in [0.1, 0.15) is 31.2 Å². The number of carbonyl (C=O) groups is 2. The van der Waals surface area contributed by atoms with E-state index in [1.165, 1.54) is 0 Å². The third kappa shape index (κ3) is 3.35. The van der Waals surface area contributed by atoms with Crippen LogP contribution in [0.3, 0.4) is 0 Å². The number of piperidine rings is 1.